The zero-order chi connectivity index (χ0) is 25.7. The normalized spacial score (nSPS) is 17.5. The molecule has 0 spiro atoms. The van der Waals surface area contributed by atoms with Crippen LogP contribution in [0.5, 0.6) is 5.75 Å². The Morgan fingerprint density at radius 1 is 1.09 bits per heavy atom. The van der Waals surface area contributed by atoms with Crippen molar-refractivity contribution in [3.8, 4) is 5.75 Å². The highest BCUT2D eigenvalue weighted by Gasteiger charge is 2.30. The van der Waals surface area contributed by atoms with Crippen molar-refractivity contribution in [1.82, 2.24) is 10.3 Å². The maximum atomic E-state index is 13.1. The van der Waals surface area contributed by atoms with Crippen LogP contribution < -0.4 is 15.0 Å². The summed E-state index contributed by atoms with van der Waals surface area (Å²) in [5.41, 5.74) is 5.18. The molecule has 6 nitrogen and oxygen atoms in total. The van der Waals surface area contributed by atoms with Gasteiger partial charge in [0, 0.05) is 22.2 Å². The molecule has 1 saturated heterocycles. The maximum absolute atomic E-state index is 13.1. The SMILES string of the molecule is Cc1cc(C=C2SC(=S)NC2=O)cc2c1OCC(=O)N2Cc1cc(C(C)(C)C)nc(C(C)(C)C)c1. The van der Waals surface area contributed by atoms with Gasteiger partial charge < -0.3 is 15.0 Å². The van der Waals surface area contributed by atoms with E-state index in [0.717, 1.165) is 28.1 Å². The van der Waals surface area contributed by atoms with Gasteiger partial charge in [0.1, 0.15) is 10.1 Å². The Hall–Kier alpha value is -2.71. The molecule has 0 aliphatic carbocycles. The number of aromatic nitrogens is 1. The van der Waals surface area contributed by atoms with E-state index in [0.29, 0.717) is 27.2 Å². The van der Waals surface area contributed by atoms with Gasteiger partial charge in [0.25, 0.3) is 11.8 Å². The van der Waals surface area contributed by atoms with E-state index >= 15 is 0 Å². The molecule has 1 aromatic heterocycles. The number of rotatable bonds is 3. The van der Waals surface area contributed by atoms with Gasteiger partial charge in [0.15, 0.2) is 6.61 Å². The van der Waals surface area contributed by atoms with E-state index in [-0.39, 0.29) is 29.3 Å². The molecule has 2 aliphatic heterocycles. The number of fused-ring (bicyclic) bond motifs is 1. The third-order valence-electron chi connectivity index (χ3n) is 5.91. The van der Waals surface area contributed by atoms with Gasteiger partial charge in [-0.1, -0.05) is 65.5 Å². The van der Waals surface area contributed by atoms with Crippen molar-refractivity contribution in [3.63, 3.8) is 0 Å². The summed E-state index contributed by atoms with van der Waals surface area (Å²) < 4.78 is 6.27. The van der Waals surface area contributed by atoms with Crippen LogP contribution in [0.25, 0.3) is 6.08 Å². The number of anilines is 1. The lowest BCUT2D eigenvalue weighted by Gasteiger charge is -2.32. The van der Waals surface area contributed by atoms with E-state index in [1.54, 1.807) is 11.0 Å². The van der Waals surface area contributed by atoms with Crippen molar-refractivity contribution in [2.45, 2.75) is 65.8 Å². The van der Waals surface area contributed by atoms with Crippen LogP contribution in [-0.4, -0.2) is 27.7 Å². The Morgan fingerprint density at radius 2 is 1.71 bits per heavy atom. The Bertz CT molecular complexity index is 1240. The number of hydrogen-bond acceptors (Lipinski definition) is 6. The molecule has 4 rings (SSSR count). The lowest BCUT2D eigenvalue weighted by atomic mass is 9.86. The van der Waals surface area contributed by atoms with Crippen molar-refractivity contribution in [2.75, 3.05) is 11.5 Å². The zero-order valence-electron chi connectivity index (χ0n) is 21.2. The van der Waals surface area contributed by atoms with Gasteiger partial charge in [-0.15, -0.1) is 0 Å². The van der Waals surface area contributed by atoms with Crippen LogP contribution in [0.1, 0.15) is 69.6 Å². The first-order valence-corrected chi connectivity index (χ1v) is 12.8. The van der Waals surface area contributed by atoms with Gasteiger partial charge in [0.05, 0.1) is 17.1 Å². The van der Waals surface area contributed by atoms with Gasteiger partial charge in [-0.3, -0.25) is 14.6 Å². The second kappa shape index (κ2) is 9.06. The van der Waals surface area contributed by atoms with Crippen molar-refractivity contribution in [3.05, 3.63) is 57.2 Å². The largest absolute Gasteiger partial charge is 0.481 e. The van der Waals surface area contributed by atoms with Crippen LogP contribution in [0.2, 0.25) is 0 Å². The minimum absolute atomic E-state index is 0.00978. The summed E-state index contributed by atoms with van der Waals surface area (Å²) in [6.07, 6.45) is 1.80. The number of aryl methyl sites for hydroxylation is 1. The highest BCUT2D eigenvalue weighted by molar-refractivity contribution is 8.26. The molecule has 35 heavy (non-hydrogen) atoms. The molecule has 0 bridgehead atoms. The number of amides is 2. The summed E-state index contributed by atoms with van der Waals surface area (Å²) in [5, 5.41) is 2.64. The number of nitrogens with one attached hydrogen (secondary N) is 1. The minimum Gasteiger partial charge on any atom is -0.481 e. The second-order valence-electron chi connectivity index (χ2n) is 11.1. The molecule has 2 aliphatic rings. The summed E-state index contributed by atoms with van der Waals surface area (Å²) in [7, 11) is 0. The fourth-order valence-electron chi connectivity index (χ4n) is 3.98. The van der Waals surface area contributed by atoms with Gasteiger partial charge in [0.2, 0.25) is 0 Å². The van der Waals surface area contributed by atoms with Crippen molar-refractivity contribution >= 4 is 51.9 Å². The first-order valence-electron chi connectivity index (χ1n) is 11.6. The molecule has 3 heterocycles. The standard InChI is InChI=1S/C27H31N3O3S2/c1-15-8-16(10-19-24(32)29-25(34)35-19)9-18-23(15)33-14-22(31)30(18)13-17-11-20(26(2,3)4)28-21(12-17)27(5,6)7/h8-12H,13-14H2,1-7H3,(H,29,32,34). The molecular weight excluding hydrogens is 478 g/mol. The highest BCUT2D eigenvalue weighted by atomic mass is 32.2. The van der Waals surface area contributed by atoms with E-state index in [1.807, 2.05) is 19.1 Å². The molecule has 1 aromatic carbocycles. The molecule has 1 fully saturated rings. The zero-order valence-corrected chi connectivity index (χ0v) is 22.9. The summed E-state index contributed by atoms with van der Waals surface area (Å²) in [6, 6.07) is 8.04. The predicted octanol–water partition coefficient (Wildman–Crippen LogP) is 5.40. The molecule has 2 aromatic rings. The van der Waals surface area contributed by atoms with Gasteiger partial charge in [-0.2, -0.15) is 0 Å². The Morgan fingerprint density at radius 3 is 2.26 bits per heavy atom. The second-order valence-corrected chi connectivity index (χ2v) is 12.8. The smallest absolute Gasteiger partial charge is 0.265 e. The van der Waals surface area contributed by atoms with Crippen LogP contribution in [0, 0.1) is 6.92 Å². The van der Waals surface area contributed by atoms with E-state index in [2.05, 4.69) is 59.0 Å². The first kappa shape index (κ1) is 25.4. The number of benzene rings is 1. The van der Waals surface area contributed by atoms with Crippen LogP contribution in [0.15, 0.2) is 29.2 Å². The number of pyridine rings is 1. The lowest BCUT2D eigenvalue weighted by molar-refractivity contribution is -0.121. The van der Waals surface area contributed by atoms with Gasteiger partial charge in [-0.25, -0.2) is 0 Å². The number of ether oxygens (including phenoxy) is 1. The molecule has 1 N–H and O–H groups in total. The van der Waals surface area contributed by atoms with E-state index in [4.69, 9.17) is 21.9 Å². The number of nitrogens with zero attached hydrogens (tertiary/aromatic N) is 2. The number of thioether (sulfide) groups is 1. The highest BCUT2D eigenvalue weighted by Crippen LogP contribution is 2.39. The molecule has 0 atom stereocenters. The molecular formula is C27H31N3O3S2. The van der Waals surface area contributed by atoms with Crippen molar-refractivity contribution in [1.29, 1.82) is 0 Å². The van der Waals surface area contributed by atoms with Crippen LogP contribution in [-0.2, 0) is 27.0 Å². The van der Waals surface area contributed by atoms with E-state index < -0.39 is 0 Å². The summed E-state index contributed by atoms with van der Waals surface area (Å²) in [4.78, 5) is 32.5. The summed E-state index contributed by atoms with van der Waals surface area (Å²) in [6.45, 7) is 15.2. The Labute approximate surface area is 216 Å². The molecule has 0 unspecified atom stereocenters. The first-order chi connectivity index (χ1) is 16.2. The lowest BCUT2D eigenvalue weighted by Crippen LogP contribution is -2.38. The summed E-state index contributed by atoms with van der Waals surface area (Å²) in [5.74, 6) is 0.370. The fraction of sp³-hybridized carbons (Fsp3) is 0.407. The third-order valence-corrected chi connectivity index (χ3v) is 7.07. The quantitative estimate of drug-likeness (QED) is 0.441. The number of hydrogen-bond donors (Lipinski definition) is 1. The maximum Gasteiger partial charge on any atom is 0.265 e. The molecule has 2 amide bonds. The number of carbonyl (C=O) groups excluding carboxylic acids is 2. The molecule has 8 heteroatoms. The van der Waals surface area contributed by atoms with E-state index in [9.17, 15) is 9.59 Å². The Kier molecular flexibility index (Phi) is 6.57. The third kappa shape index (κ3) is 5.43. The monoisotopic (exact) mass is 509 g/mol. The van der Waals surface area contributed by atoms with Crippen molar-refractivity contribution in [2.24, 2.45) is 0 Å². The molecule has 0 saturated carbocycles. The van der Waals surface area contributed by atoms with Crippen LogP contribution >= 0.6 is 24.0 Å². The minimum atomic E-state index is -0.208. The van der Waals surface area contributed by atoms with Crippen LogP contribution in [0.4, 0.5) is 5.69 Å². The number of carbonyl (C=O) groups is 2. The molecule has 0 radical (unpaired) electrons. The predicted molar refractivity (Wildman–Crippen MR) is 146 cm³/mol. The van der Waals surface area contributed by atoms with E-state index in [1.165, 1.54) is 11.8 Å². The van der Waals surface area contributed by atoms with Gasteiger partial charge in [-0.05, 0) is 54.0 Å². The van der Waals surface area contributed by atoms with Gasteiger partial charge >= 0.3 is 0 Å². The van der Waals surface area contributed by atoms with Crippen molar-refractivity contribution < 1.29 is 14.3 Å². The Balaban J connectivity index is 1.77. The summed E-state index contributed by atoms with van der Waals surface area (Å²) >= 11 is 6.34. The average Bonchev–Trinajstić information content (AvgIpc) is 3.05. The molecule has 184 valence electrons. The fourth-order valence-corrected chi connectivity index (χ4v) is 5.02. The van der Waals surface area contributed by atoms with Crippen LogP contribution in [0.3, 0.4) is 0 Å². The topological polar surface area (TPSA) is 71.5 Å². The number of thiocarbonyl (C=S) groups is 1. The average molecular weight is 510 g/mol.